The van der Waals surface area contributed by atoms with Crippen LogP contribution >= 0.6 is 0 Å². The quantitative estimate of drug-likeness (QED) is 0.430. The van der Waals surface area contributed by atoms with Gasteiger partial charge in [0.2, 0.25) is 11.8 Å². The second kappa shape index (κ2) is 10.1. The summed E-state index contributed by atoms with van der Waals surface area (Å²) in [6, 6.07) is 11.5. The molecule has 1 fully saturated rings. The van der Waals surface area contributed by atoms with Crippen LogP contribution in [0.3, 0.4) is 0 Å². The summed E-state index contributed by atoms with van der Waals surface area (Å²) in [5.74, 6) is 1.24. The minimum atomic E-state index is 0.0601. The number of aromatic nitrogens is 3. The van der Waals surface area contributed by atoms with Crippen LogP contribution in [0.5, 0.6) is 11.6 Å². The number of ether oxygens (including phenoxy) is 2. The number of benzene rings is 1. The van der Waals surface area contributed by atoms with Gasteiger partial charge in [-0.3, -0.25) is 14.8 Å². The number of carbonyl (C=O) groups excluding carboxylic acids is 1. The fourth-order valence-electron chi connectivity index (χ4n) is 4.17. The number of pyridine rings is 1. The smallest absolute Gasteiger partial charge is 0.248 e. The van der Waals surface area contributed by atoms with Crippen molar-refractivity contribution in [3.05, 3.63) is 60.6 Å². The number of hydrogen-bond donors (Lipinski definition) is 1. The van der Waals surface area contributed by atoms with Gasteiger partial charge in [-0.05, 0) is 36.2 Å². The van der Waals surface area contributed by atoms with Crippen molar-refractivity contribution in [2.75, 3.05) is 46.4 Å². The van der Waals surface area contributed by atoms with Crippen LogP contribution in [0.1, 0.15) is 5.56 Å². The third kappa shape index (κ3) is 4.95. The van der Waals surface area contributed by atoms with Crippen LogP contribution in [0, 0.1) is 0 Å². The normalized spacial score (nSPS) is 14.6. The highest BCUT2D eigenvalue weighted by atomic mass is 16.5. The van der Waals surface area contributed by atoms with Gasteiger partial charge in [-0.1, -0.05) is 0 Å². The molecular formula is C25H27N5O4. The van der Waals surface area contributed by atoms with Crippen molar-refractivity contribution in [3.8, 4) is 22.9 Å². The van der Waals surface area contributed by atoms with Crippen LogP contribution in [0.25, 0.3) is 22.2 Å². The zero-order chi connectivity index (χ0) is 23.3. The first-order valence-corrected chi connectivity index (χ1v) is 11.3. The fourth-order valence-corrected chi connectivity index (χ4v) is 4.17. The van der Waals surface area contributed by atoms with E-state index in [4.69, 9.17) is 13.9 Å². The lowest BCUT2D eigenvalue weighted by Gasteiger charge is -2.34. The SMILES string of the molecule is COCC(=O)N1CCN(CCc2coc3cc(Oc4ccc(-c5ccn[nH]5)cn4)ccc23)CC1. The second-order valence-electron chi connectivity index (χ2n) is 8.28. The van der Waals surface area contributed by atoms with E-state index in [-0.39, 0.29) is 12.5 Å². The van der Waals surface area contributed by atoms with E-state index in [1.807, 2.05) is 47.6 Å². The van der Waals surface area contributed by atoms with E-state index in [1.165, 1.54) is 5.56 Å². The zero-order valence-electron chi connectivity index (χ0n) is 19.1. The molecule has 1 aliphatic heterocycles. The van der Waals surface area contributed by atoms with Crippen molar-refractivity contribution < 1.29 is 18.7 Å². The van der Waals surface area contributed by atoms with Gasteiger partial charge in [-0.25, -0.2) is 4.98 Å². The van der Waals surface area contributed by atoms with E-state index in [0.717, 1.165) is 61.4 Å². The van der Waals surface area contributed by atoms with Gasteiger partial charge < -0.3 is 18.8 Å². The molecule has 0 unspecified atom stereocenters. The Balaban J connectivity index is 1.17. The Hall–Kier alpha value is -3.69. The topological polar surface area (TPSA) is 96.7 Å². The molecular weight excluding hydrogens is 434 g/mol. The number of aromatic amines is 1. The molecule has 0 spiro atoms. The van der Waals surface area contributed by atoms with Gasteiger partial charge in [-0.15, -0.1) is 0 Å². The number of carbonyl (C=O) groups is 1. The summed E-state index contributed by atoms with van der Waals surface area (Å²) in [5.41, 5.74) is 3.81. The van der Waals surface area contributed by atoms with Crippen LogP contribution in [0.2, 0.25) is 0 Å². The monoisotopic (exact) mass is 461 g/mol. The molecule has 1 aliphatic rings. The number of piperazine rings is 1. The van der Waals surface area contributed by atoms with Gasteiger partial charge >= 0.3 is 0 Å². The minimum Gasteiger partial charge on any atom is -0.464 e. The molecule has 0 radical (unpaired) electrons. The lowest BCUT2D eigenvalue weighted by atomic mass is 10.1. The molecule has 1 amide bonds. The Morgan fingerprint density at radius 3 is 2.76 bits per heavy atom. The van der Waals surface area contributed by atoms with Gasteiger partial charge in [0, 0.05) is 75.3 Å². The van der Waals surface area contributed by atoms with E-state index >= 15 is 0 Å². The number of fused-ring (bicyclic) bond motifs is 1. The molecule has 0 saturated carbocycles. The molecule has 1 N–H and O–H groups in total. The maximum absolute atomic E-state index is 12.0. The lowest BCUT2D eigenvalue weighted by Crippen LogP contribution is -2.50. The summed E-state index contributed by atoms with van der Waals surface area (Å²) in [7, 11) is 1.55. The van der Waals surface area contributed by atoms with E-state index in [1.54, 1.807) is 19.5 Å². The number of H-pyrrole nitrogens is 1. The summed E-state index contributed by atoms with van der Waals surface area (Å²) in [4.78, 5) is 20.6. The molecule has 1 aromatic carbocycles. The van der Waals surface area contributed by atoms with Gasteiger partial charge in [0.25, 0.3) is 0 Å². The van der Waals surface area contributed by atoms with Gasteiger partial charge in [-0.2, -0.15) is 5.10 Å². The average molecular weight is 462 g/mol. The van der Waals surface area contributed by atoms with Crippen LogP contribution in [0.4, 0.5) is 0 Å². The average Bonchev–Trinajstić information content (AvgIpc) is 3.54. The Morgan fingerprint density at radius 1 is 1.15 bits per heavy atom. The number of amides is 1. The van der Waals surface area contributed by atoms with E-state index < -0.39 is 0 Å². The van der Waals surface area contributed by atoms with Crippen molar-refractivity contribution in [3.63, 3.8) is 0 Å². The van der Waals surface area contributed by atoms with E-state index in [0.29, 0.717) is 11.6 Å². The minimum absolute atomic E-state index is 0.0601. The van der Waals surface area contributed by atoms with Crippen molar-refractivity contribution in [2.24, 2.45) is 0 Å². The van der Waals surface area contributed by atoms with Gasteiger partial charge in [0.1, 0.15) is 17.9 Å². The Morgan fingerprint density at radius 2 is 2.03 bits per heavy atom. The van der Waals surface area contributed by atoms with Crippen LogP contribution in [-0.2, 0) is 16.0 Å². The van der Waals surface area contributed by atoms with Gasteiger partial charge in [0.15, 0.2) is 0 Å². The second-order valence-corrected chi connectivity index (χ2v) is 8.28. The zero-order valence-corrected chi connectivity index (χ0v) is 19.1. The summed E-state index contributed by atoms with van der Waals surface area (Å²) in [6.45, 7) is 4.30. The number of nitrogens with zero attached hydrogens (tertiary/aromatic N) is 4. The lowest BCUT2D eigenvalue weighted by molar-refractivity contribution is -0.136. The maximum atomic E-state index is 12.0. The largest absolute Gasteiger partial charge is 0.464 e. The van der Waals surface area contributed by atoms with E-state index in [2.05, 4.69) is 20.1 Å². The van der Waals surface area contributed by atoms with Crippen LogP contribution in [0.15, 0.2) is 59.5 Å². The molecule has 1 saturated heterocycles. The molecule has 0 bridgehead atoms. The Kier molecular flexibility index (Phi) is 6.55. The number of furan rings is 1. The molecule has 34 heavy (non-hydrogen) atoms. The predicted octanol–water partition coefficient (Wildman–Crippen LogP) is 3.34. The Labute approximate surface area is 197 Å². The van der Waals surface area contributed by atoms with Crippen molar-refractivity contribution >= 4 is 16.9 Å². The number of nitrogens with one attached hydrogen (secondary N) is 1. The molecule has 4 aromatic rings. The number of methoxy groups -OCH3 is 1. The summed E-state index contributed by atoms with van der Waals surface area (Å²) in [5, 5.41) is 7.97. The third-order valence-electron chi connectivity index (χ3n) is 6.09. The van der Waals surface area contributed by atoms with Crippen LogP contribution < -0.4 is 4.74 Å². The Bertz CT molecular complexity index is 1230. The molecule has 3 aromatic heterocycles. The fraction of sp³-hybridized carbons (Fsp3) is 0.320. The summed E-state index contributed by atoms with van der Waals surface area (Å²) in [6.07, 6.45) is 6.17. The summed E-state index contributed by atoms with van der Waals surface area (Å²) < 4.78 is 16.7. The predicted molar refractivity (Wildman–Crippen MR) is 127 cm³/mol. The first kappa shape index (κ1) is 22.1. The highest BCUT2D eigenvalue weighted by Gasteiger charge is 2.21. The molecule has 9 nitrogen and oxygen atoms in total. The molecule has 9 heteroatoms. The van der Waals surface area contributed by atoms with Gasteiger partial charge in [0.05, 0.1) is 12.0 Å². The maximum Gasteiger partial charge on any atom is 0.248 e. The molecule has 176 valence electrons. The molecule has 4 heterocycles. The van der Waals surface area contributed by atoms with Crippen molar-refractivity contribution in [1.29, 1.82) is 0 Å². The molecule has 0 aliphatic carbocycles. The van der Waals surface area contributed by atoms with Crippen molar-refractivity contribution in [2.45, 2.75) is 6.42 Å². The van der Waals surface area contributed by atoms with Crippen LogP contribution in [-0.4, -0.2) is 77.3 Å². The van der Waals surface area contributed by atoms with E-state index in [9.17, 15) is 4.79 Å². The third-order valence-corrected chi connectivity index (χ3v) is 6.09. The van der Waals surface area contributed by atoms with Crippen molar-refractivity contribution in [1.82, 2.24) is 25.0 Å². The summed E-state index contributed by atoms with van der Waals surface area (Å²) >= 11 is 0. The first-order chi connectivity index (χ1) is 16.7. The molecule has 5 rings (SSSR count). The number of hydrogen-bond acceptors (Lipinski definition) is 7. The highest BCUT2D eigenvalue weighted by molar-refractivity contribution is 5.82. The standard InChI is InChI=1S/C25H27N5O4/c1-32-17-25(31)30-12-10-29(11-13-30)9-7-19-16-33-23-14-20(3-4-21(19)23)34-24-5-2-18(15-26-24)22-6-8-27-28-22/h2-6,8,14-16H,7,9-13,17H2,1H3,(H,27,28). The number of rotatable bonds is 8. The molecule has 0 atom stereocenters. The first-order valence-electron chi connectivity index (χ1n) is 11.3. The highest BCUT2D eigenvalue weighted by Crippen LogP contribution is 2.29.